The minimum Gasteiger partial charge on any atom is -0.333 e. The molecule has 1 saturated carbocycles. The number of hydrogen-bond acceptors (Lipinski definition) is 4. The number of urea groups is 1. The number of benzene rings is 1. The minimum atomic E-state index is -2.90. The summed E-state index contributed by atoms with van der Waals surface area (Å²) in [5.41, 5.74) is -0.0932. The molecule has 0 saturated heterocycles. The second-order valence-corrected chi connectivity index (χ2v) is 7.33. The van der Waals surface area contributed by atoms with E-state index < -0.39 is 20.7 Å². The number of nitrogens with zero attached hydrogens (tertiary/aromatic N) is 2. The van der Waals surface area contributed by atoms with Gasteiger partial charge in [0.15, 0.2) is 0 Å². The molecule has 0 heterocycles. The summed E-state index contributed by atoms with van der Waals surface area (Å²) in [5.74, 6) is 0. The SMILES string of the molecule is CS(=O)(=NC(=O)NC1CCCC1)c1ccc([N+](=O)[O-])cc1. The molecular formula is C13H17N3O4S. The van der Waals surface area contributed by atoms with E-state index in [0.29, 0.717) is 4.90 Å². The van der Waals surface area contributed by atoms with Crippen molar-refractivity contribution in [2.45, 2.75) is 36.6 Å². The molecule has 1 aliphatic carbocycles. The fourth-order valence-corrected chi connectivity index (χ4v) is 3.42. The highest BCUT2D eigenvalue weighted by Crippen LogP contribution is 2.19. The molecule has 2 amide bonds. The van der Waals surface area contributed by atoms with Crippen molar-refractivity contribution in [3.05, 3.63) is 34.4 Å². The molecule has 8 heteroatoms. The van der Waals surface area contributed by atoms with Crippen molar-refractivity contribution < 1.29 is 13.9 Å². The van der Waals surface area contributed by atoms with Crippen molar-refractivity contribution in [2.24, 2.45) is 4.36 Å². The van der Waals surface area contributed by atoms with Gasteiger partial charge in [-0.25, -0.2) is 9.00 Å². The van der Waals surface area contributed by atoms with Crippen LogP contribution in [0.1, 0.15) is 25.7 Å². The summed E-state index contributed by atoms with van der Waals surface area (Å²) in [4.78, 5) is 22.1. The first-order chi connectivity index (χ1) is 9.88. The van der Waals surface area contributed by atoms with Crippen LogP contribution in [0.5, 0.6) is 0 Å². The van der Waals surface area contributed by atoms with Crippen LogP contribution in [0.2, 0.25) is 0 Å². The standard InChI is InChI=1S/C13H17N3O4S/c1-21(20,12-8-6-11(7-9-12)16(18)19)15-13(17)14-10-4-2-3-5-10/h6-10H,2-5H2,1H3,(H,14,17). The zero-order valence-electron chi connectivity index (χ0n) is 11.7. The number of nitro groups is 1. The molecule has 2 rings (SSSR count). The zero-order chi connectivity index (χ0) is 15.5. The molecule has 1 N–H and O–H groups in total. The lowest BCUT2D eigenvalue weighted by Crippen LogP contribution is -2.30. The molecule has 7 nitrogen and oxygen atoms in total. The number of carbonyl (C=O) groups excluding carboxylic acids is 1. The lowest BCUT2D eigenvalue weighted by molar-refractivity contribution is -0.384. The summed E-state index contributed by atoms with van der Waals surface area (Å²) in [6, 6.07) is 4.76. The Bertz CT molecular complexity index is 656. The van der Waals surface area contributed by atoms with Crippen LogP contribution in [0.25, 0.3) is 0 Å². The average molecular weight is 311 g/mol. The maximum Gasteiger partial charge on any atom is 0.349 e. The predicted octanol–water partition coefficient (Wildman–Crippen LogP) is 2.70. The lowest BCUT2D eigenvalue weighted by atomic mass is 10.3. The normalized spacial score (nSPS) is 18.0. The topological polar surface area (TPSA) is 102 Å². The summed E-state index contributed by atoms with van der Waals surface area (Å²) in [6.45, 7) is 0. The molecule has 114 valence electrons. The zero-order valence-corrected chi connectivity index (χ0v) is 12.5. The van der Waals surface area contributed by atoms with Gasteiger partial charge in [-0.15, -0.1) is 4.36 Å². The molecule has 1 aromatic carbocycles. The van der Waals surface area contributed by atoms with E-state index in [-0.39, 0.29) is 11.7 Å². The maximum atomic E-state index is 12.5. The van der Waals surface area contributed by atoms with Crippen LogP contribution in [0.15, 0.2) is 33.5 Å². The molecule has 1 aromatic rings. The fraction of sp³-hybridized carbons (Fsp3) is 0.462. The number of amides is 2. The van der Waals surface area contributed by atoms with Gasteiger partial charge in [0.05, 0.1) is 14.7 Å². The third-order valence-corrected chi connectivity index (χ3v) is 5.09. The van der Waals surface area contributed by atoms with Crippen LogP contribution >= 0.6 is 0 Å². The second kappa shape index (κ2) is 6.21. The summed E-state index contributed by atoms with van der Waals surface area (Å²) < 4.78 is 16.2. The molecular weight excluding hydrogens is 294 g/mol. The maximum absolute atomic E-state index is 12.5. The van der Waals surface area contributed by atoms with Crippen molar-refractivity contribution in [2.75, 3.05) is 6.26 Å². The van der Waals surface area contributed by atoms with Crippen LogP contribution < -0.4 is 5.32 Å². The number of rotatable bonds is 3. The van der Waals surface area contributed by atoms with Crippen molar-refractivity contribution in [1.29, 1.82) is 0 Å². The smallest absolute Gasteiger partial charge is 0.333 e. The van der Waals surface area contributed by atoms with Crippen molar-refractivity contribution in [3.8, 4) is 0 Å². The van der Waals surface area contributed by atoms with E-state index in [0.717, 1.165) is 25.7 Å². The first-order valence-electron chi connectivity index (χ1n) is 6.65. The van der Waals surface area contributed by atoms with Gasteiger partial charge in [0.2, 0.25) is 0 Å². The number of carbonyl (C=O) groups is 1. The third kappa shape index (κ3) is 4.01. The van der Waals surface area contributed by atoms with Gasteiger partial charge in [0.1, 0.15) is 0 Å². The van der Waals surface area contributed by atoms with E-state index in [9.17, 15) is 19.1 Å². The summed E-state index contributed by atoms with van der Waals surface area (Å²) in [7, 11) is -2.90. The van der Waals surface area contributed by atoms with E-state index in [1.165, 1.54) is 30.5 Å². The van der Waals surface area contributed by atoms with Gasteiger partial charge < -0.3 is 5.32 Å². The van der Waals surface area contributed by atoms with Gasteiger partial charge in [-0.1, -0.05) is 12.8 Å². The molecule has 0 aromatic heterocycles. The number of non-ortho nitro benzene ring substituents is 1. The quantitative estimate of drug-likeness (QED) is 0.684. The molecule has 0 aliphatic heterocycles. The second-order valence-electron chi connectivity index (χ2n) is 5.08. The molecule has 0 radical (unpaired) electrons. The Morgan fingerprint density at radius 1 is 1.33 bits per heavy atom. The summed E-state index contributed by atoms with van der Waals surface area (Å²) in [6.07, 6.45) is 5.35. The first kappa shape index (κ1) is 15.4. The van der Waals surface area contributed by atoms with Crippen molar-refractivity contribution >= 4 is 21.4 Å². The lowest BCUT2D eigenvalue weighted by Gasteiger charge is -2.10. The Labute approximate surface area is 123 Å². The van der Waals surface area contributed by atoms with Gasteiger partial charge in [0, 0.05) is 29.3 Å². The Balaban J connectivity index is 2.15. The van der Waals surface area contributed by atoms with E-state index in [4.69, 9.17) is 0 Å². The van der Waals surface area contributed by atoms with Gasteiger partial charge in [-0.05, 0) is 25.0 Å². The molecule has 1 aliphatic rings. The first-order valence-corrected chi connectivity index (χ1v) is 8.58. The highest BCUT2D eigenvalue weighted by Gasteiger charge is 2.18. The Kier molecular flexibility index (Phi) is 4.56. The van der Waals surface area contributed by atoms with Gasteiger partial charge in [-0.2, -0.15) is 0 Å². The minimum absolute atomic E-state index is 0.0932. The highest BCUT2D eigenvalue weighted by molar-refractivity contribution is 7.93. The monoisotopic (exact) mass is 311 g/mol. The molecule has 21 heavy (non-hydrogen) atoms. The molecule has 0 spiro atoms. The molecule has 0 bridgehead atoms. The van der Waals surface area contributed by atoms with Crippen LogP contribution in [0.4, 0.5) is 10.5 Å². The van der Waals surface area contributed by atoms with Crippen LogP contribution in [0, 0.1) is 10.1 Å². The van der Waals surface area contributed by atoms with E-state index >= 15 is 0 Å². The van der Waals surface area contributed by atoms with Gasteiger partial charge in [-0.3, -0.25) is 10.1 Å². The van der Waals surface area contributed by atoms with Crippen LogP contribution in [0.3, 0.4) is 0 Å². The number of nitrogens with one attached hydrogen (secondary N) is 1. The van der Waals surface area contributed by atoms with Crippen molar-refractivity contribution in [1.82, 2.24) is 5.32 Å². The largest absolute Gasteiger partial charge is 0.349 e. The van der Waals surface area contributed by atoms with Gasteiger partial charge in [0.25, 0.3) is 5.69 Å². The van der Waals surface area contributed by atoms with Gasteiger partial charge >= 0.3 is 6.03 Å². The Hall–Kier alpha value is -1.96. The number of nitro benzene ring substituents is 1. The Morgan fingerprint density at radius 3 is 2.43 bits per heavy atom. The van der Waals surface area contributed by atoms with E-state index in [2.05, 4.69) is 9.68 Å². The van der Waals surface area contributed by atoms with E-state index in [1.807, 2.05) is 0 Å². The summed E-state index contributed by atoms with van der Waals surface area (Å²) >= 11 is 0. The van der Waals surface area contributed by atoms with E-state index in [1.54, 1.807) is 0 Å². The Morgan fingerprint density at radius 2 is 1.90 bits per heavy atom. The highest BCUT2D eigenvalue weighted by atomic mass is 32.2. The molecule has 1 unspecified atom stereocenters. The summed E-state index contributed by atoms with van der Waals surface area (Å²) in [5, 5.41) is 13.3. The third-order valence-electron chi connectivity index (χ3n) is 3.42. The molecule has 1 fully saturated rings. The predicted molar refractivity (Wildman–Crippen MR) is 78.6 cm³/mol. The molecule has 1 atom stereocenters. The van der Waals surface area contributed by atoms with Crippen LogP contribution in [-0.2, 0) is 9.73 Å². The number of hydrogen-bond donors (Lipinski definition) is 1. The fourth-order valence-electron chi connectivity index (χ4n) is 2.30. The van der Waals surface area contributed by atoms with Crippen LogP contribution in [-0.4, -0.2) is 27.5 Å². The van der Waals surface area contributed by atoms with Crippen molar-refractivity contribution in [3.63, 3.8) is 0 Å². The average Bonchev–Trinajstić information content (AvgIpc) is 2.90.